The first kappa shape index (κ1) is 15.9. The Morgan fingerprint density at radius 2 is 2.20 bits per heavy atom. The first-order valence-corrected chi connectivity index (χ1v) is 9.27. The van der Waals surface area contributed by atoms with Gasteiger partial charge in [0.25, 0.3) is 0 Å². The lowest BCUT2D eigenvalue weighted by molar-refractivity contribution is 0.281. The summed E-state index contributed by atoms with van der Waals surface area (Å²) in [6.07, 6.45) is 2.44. The zero-order chi connectivity index (χ0) is 14.8. The fourth-order valence-electron chi connectivity index (χ4n) is 2.39. The van der Waals surface area contributed by atoms with Crippen LogP contribution < -0.4 is 4.72 Å². The number of hydrogen-bond acceptors (Lipinski definition) is 5. The molecule has 1 aliphatic rings. The Morgan fingerprint density at radius 3 is 2.75 bits per heavy atom. The van der Waals surface area contributed by atoms with Crippen LogP contribution in [0.5, 0.6) is 0 Å². The minimum absolute atomic E-state index is 0.238. The number of rotatable bonds is 8. The van der Waals surface area contributed by atoms with Crippen molar-refractivity contribution in [2.75, 3.05) is 19.6 Å². The molecule has 0 spiro atoms. The normalized spacial score (nSPS) is 16.0. The molecule has 2 N–H and O–H groups in total. The van der Waals surface area contributed by atoms with E-state index >= 15 is 0 Å². The van der Waals surface area contributed by atoms with E-state index in [-0.39, 0.29) is 11.5 Å². The first-order valence-electron chi connectivity index (χ1n) is 6.91. The number of aryl methyl sites for hydroxylation is 1. The second-order valence-corrected chi connectivity index (χ2v) is 7.75. The summed E-state index contributed by atoms with van der Waals surface area (Å²) < 4.78 is 27.3. The number of nitrogens with one attached hydrogen (secondary N) is 1. The van der Waals surface area contributed by atoms with E-state index in [9.17, 15) is 13.5 Å². The molecule has 1 fully saturated rings. The molecule has 0 unspecified atom stereocenters. The molecular formula is C13H22N2O3S2. The highest BCUT2D eigenvalue weighted by atomic mass is 32.2. The lowest BCUT2D eigenvalue weighted by atomic mass is 10.3. The summed E-state index contributed by atoms with van der Waals surface area (Å²) >= 11 is 1.28. The fourth-order valence-corrected chi connectivity index (χ4v) is 5.07. The second kappa shape index (κ2) is 6.53. The molecule has 5 nitrogen and oxygen atoms in total. The van der Waals surface area contributed by atoms with Gasteiger partial charge in [-0.1, -0.05) is 6.92 Å². The smallest absolute Gasteiger partial charge is 0.242 e. The zero-order valence-electron chi connectivity index (χ0n) is 11.9. The fraction of sp³-hybridized carbons (Fsp3) is 0.692. The molecule has 0 aromatic carbocycles. The lowest BCUT2D eigenvalue weighted by Gasteiger charge is -2.19. The van der Waals surface area contributed by atoms with E-state index < -0.39 is 10.0 Å². The van der Waals surface area contributed by atoms with Crippen molar-refractivity contribution in [3.63, 3.8) is 0 Å². The van der Waals surface area contributed by atoms with Gasteiger partial charge < -0.3 is 5.11 Å². The Hall–Kier alpha value is -0.470. The molecule has 1 saturated carbocycles. The third-order valence-electron chi connectivity index (χ3n) is 3.56. The van der Waals surface area contributed by atoms with Crippen LogP contribution in [0.4, 0.5) is 0 Å². The van der Waals surface area contributed by atoms with Gasteiger partial charge in [-0.05, 0) is 37.3 Å². The molecule has 0 atom stereocenters. The third-order valence-corrected chi connectivity index (χ3v) is 6.47. The monoisotopic (exact) mass is 318 g/mol. The number of sulfonamides is 1. The quantitative estimate of drug-likeness (QED) is 0.758. The summed E-state index contributed by atoms with van der Waals surface area (Å²) in [5.41, 5.74) is 0.695. The molecule has 1 heterocycles. The van der Waals surface area contributed by atoms with Gasteiger partial charge in [-0.2, -0.15) is 0 Å². The first-order chi connectivity index (χ1) is 9.49. The maximum atomic E-state index is 12.3. The SMILES string of the molecule is CCN(CCNS(=O)(=O)c1c(C)csc1CO)C1CC1. The van der Waals surface area contributed by atoms with E-state index in [4.69, 9.17) is 0 Å². The van der Waals surface area contributed by atoms with Gasteiger partial charge in [0, 0.05) is 19.1 Å². The van der Waals surface area contributed by atoms with Gasteiger partial charge in [0.05, 0.1) is 11.5 Å². The molecular weight excluding hydrogens is 296 g/mol. The molecule has 0 bridgehead atoms. The largest absolute Gasteiger partial charge is 0.391 e. The molecule has 0 radical (unpaired) electrons. The van der Waals surface area contributed by atoms with Gasteiger partial charge in [0.15, 0.2) is 0 Å². The Balaban J connectivity index is 1.98. The Kier molecular flexibility index (Phi) is 5.19. The predicted molar refractivity (Wildman–Crippen MR) is 80.4 cm³/mol. The van der Waals surface area contributed by atoms with E-state index in [2.05, 4.69) is 16.5 Å². The highest BCUT2D eigenvalue weighted by Crippen LogP contribution is 2.27. The van der Waals surface area contributed by atoms with Crippen molar-refractivity contribution in [2.24, 2.45) is 0 Å². The second-order valence-electron chi connectivity index (χ2n) is 5.09. The highest BCUT2D eigenvalue weighted by molar-refractivity contribution is 7.89. The minimum atomic E-state index is -3.53. The number of likely N-dealkylation sites (N-methyl/N-ethyl adjacent to an activating group) is 1. The molecule has 1 aromatic heterocycles. The van der Waals surface area contributed by atoms with Crippen molar-refractivity contribution in [2.45, 2.75) is 44.2 Å². The van der Waals surface area contributed by atoms with Crippen LogP contribution in [-0.2, 0) is 16.6 Å². The van der Waals surface area contributed by atoms with Crippen LogP contribution in [0.25, 0.3) is 0 Å². The van der Waals surface area contributed by atoms with Crippen molar-refractivity contribution in [1.82, 2.24) is 9.62 Å². The Labute approximate surface area is 124 Å². The van der Waals surface area contributed by atoms with E-state index in [0.717, 1.165) is 13.1 Å². The van der Waals surface area contributed by atoms with Gasteiger partial charge in [0.2, 0.25) is 10.0 Å². The molecule has 2 rings (SSSR count). The molecule has 1 aromatic rings. The van der Waals surface area contributed by atoms with Gasteiger partial charge in [-0.15, -0.1) is 11.3 Å². The van der Waals surface area contributed by atoms with E-state index in [0.29, 0.717) is 23.0 Å². The van der Waals surface area contributed by atoms with Gasteiger partial charge >= 0.3 is 0 Å². The van der Waals surface area contributed by atoms with Crippen LogP contribution in [0.3, 0.4) is 0 Å². The molecule has 0 saturated heterocycles. The molecule has 1 aliphatic carbocycles. The summed E-state index contributed by atoms with van der Waals surface area (Å²) in [7, 11) is -3.53. The molecule has 0 aliphatic heterocycles. The topological polar surface area (TPSA) is 69.6 Å². The maximum Gasteiger partial charge on any atom is 0.242 e. The molecule has 20 heavy (non-hydrogen) atoms. The van der Waals surface area contributed by atoms with Gasteiger partial charge in [-0.3, -0.25) is 4.90 Å². The summed E-state index contributed by atoms with van der Waals surface area (Å²) in [5.74, 6) is 0. The van der Waals surface area contributed by atoms with Crippen molar-refractivity contribution in [1.29, 1.82) is 0 Å². The summed E-state index contributed by atoms with van der Waals surface area (Å²) in [4.78, 5) is 3.06. The van der Waals surface area contributed by atoms with Crippen LogP contribution in [0, 0.1) is 6.92 Å². The minimum Gasteiger partial charge on any atom is -0.391 e. The van der Waals surface area contributed by atoms with E-state index in [1.807, 2.05) is 0 Å². The number of nitrogens with zero attached hydrogens (tertiary/aromatic N) is 1. The van der Waals surface area contributed by atoms with Gasteiger partial charge in [-0.25, -0.2) is 13.1 Å². The Bertz CT molecular complexity index is 550. The summed E-state index contributed by atoms with van der Waals surface area (Å²) in [5, 5.41) is 11.0. The van der Waals surface area contributed by atoms with Crippen LogP contribution in [0.1, 0.15) is 30.2 Å². The van der Waals surface area contributed by atoms with Crippen molar-refractivity contribution in [3.8, 4) is 0 Å². The molecule has 114 valence electrons. The van der Waals surface area contributed by atoms with Gasteiger partial charge in [0.1, 0.15) is 4.90 Å². The number of thiophene rings is 1. The van der Waals surface area contributed by atoms with Crippen LogP contribution in [0.15, 0.2) is 10.3 Å². The standard InChI is InChI=1S/C13H22N2O3S2/c1-3-15(11-4-5-11)7-6-14-20(17,18)13-10(2)9-19-12(13)8-16/h9,11,14,16H,3-8H2,1-2H3. The third kappa shape index (κ3) is 3.59. The highest BCUT2D eigenvalue weighted by Gasteiger charge is 2.28. The number of hydrogen-bond donors (Lipinski definition) is 2. The average molecular weight is 318 g/mol. The predicted octanol–water partition coefficient (Wildman–Crippen LogP) is 1.31. The zero-order valence-corrected chi connectivity index (χ0v) is 13.6. The average Bonchev–Trinajstić information content (AvgIpc) is 3.17. The van der Waals surface area contributed by atoms with Crippen molar-refractivity contribution >= 4 is 21.4 Å². The number of aliphatic hydroxyl groups excluding tert-OH is 1. The molecule has 0 amide bonds. The van der Waals surface area contributed by atoms with Crippen LogP contribution >= 0.6 is 11.3 Å². The molecule has 7 heteroatoms. The van der Waals surface area contributed by atoms with Crippen LogP contribution in [0.2, 0.25) is 0 Å². The van der Waals surface area contributed by atoms with Crippen molar-refractivity contribution < 1.29 is 13.5 Å². The lowest BCUT2D eigenvalue weighted by Crippen LogP contribution is -2.36. The summed E-state index contributed by atoms with van der Waals surface area (Å²) in [6, 6.07) is 0.639. The van der Waals surface area contributed by atoms with Crippen LogP contribution in [-0.4, -0.2) is 44.1 Å². The van der Waals surface area contributed by atoms with E-state index in [1.165, 1.54) is 24.2 Å². The number of aliphatic hydroxyl groups is 1. The maximum absolute atomic E-state index is 12.3. The summed E-state index contributed by atoms with van der Waals surface area (Å²) in [6.45, 7) is 5.71. The van der Waals surface area contributed by atoms with Crippen molar-refractivity contribution in [3.05, 3.63) is 15.8 Å². The Morgan fingerprint density at radius 1 is 1.50 bits per heavy atom. The van der Waals surface area contributed by atoms with E-state index in [1.54, 1.807) is 12.3 Å².